The summed E-state index contributed by atoms with van der Waals surface area (Å²) in [6.07, 6.45) is 4.59. The van der Waals surface area contributed by atoms with Gasteiger partial charge in [-0.3, -0.25) is 9.69 Å². The van der Waals surface area contributed by atoms with Crippen molar-refractivity contribution in [3.8, 4) is 0 Å². The Morgan fingerprint density at radius 1 is 1.62 bits per heavy atom. The molecule has 3 nitrogen and oxygen atoms in total. The zero-order chi connectivity index (χ0) is 9.68. The molecule has 3 heteroatoms. The first-order chi connectivity index (χ1) is 6.26. The van der Waals surface area contributed by atoms with Crippen molar-refractivity contribution >= 4 is 5.78 Å². The van der Waals surface area contributed by atoms with E-state index in [4.69, 9.17) is 4.74 Å². The Labute approximate surface area is 79.4 Å². The van der Waals surface area contributed by atoms with E-state index < -0.39 is 0 Å². The molecule has 0 amide bonds. The average molecular weight is 183 g/mol. The van der Waals surface area contributed by atoms with Crippen LogP contribution in [0.25, 0.3) is 0 Å². The lowest BCUT2D eigenvalue weighted by Crippen LogP contribution is -2.51. The van der Waals surface area contributed by atoms with Crippen molar-refractivity contribution in [1.82, 2.24) is 4.90 Å². The summed E-state index contributed by atoms with van der Waals surface area (Å²) in [4.78, 5) is 13.1. The van der Waals surface area contributed by atoms with Crippen LogP contribution in [0.1, 0.15) is 13.3 Å². The van der Waals surface area contributed by atoms with Gasteiger partial charge in [0.1, 0.15) is 0 Å². The second kappa shape index (κ2) is 5.14. The number of hydrogen-bond donors (Lipinski definition) is 0. The number of carbonyl (C=O) groups is 1. The number of ketones is 1. The summed E-state index contributed by atoms with van der Waals surface area (Å²) in [5.41, 5.74) is 0. The Bertz CT molecular complexity index is 195. The molecule has 1 fully saturated rings. The number of carbonyl (C=O) groups excluding carboxylic acids is 1. The van der Waals surface area contributed by atoms with Crippen LogP contribution in [0.4, 0.5) is 0 Å². The quantitative estimate of drug-likeness (QED) is 0.592. The van der Waals surface area contributed by atoms with Crippen LogP contribution >= 0.6 is 0 Å². The largest absolute Gasteiger partial charge is 0.379 e. The van der Waals surface area contributed by atoms with Crippen molar-refractivity contribution in [1.29, 1.82) is 0 Å². The number of rotatable bonds is 5. The third kappa shape index (κ3) is 3.28. The van der Waals surface area contributed by atoms with Crippen LogP contribution in [-0.4, -0.2) is 43.5 Å². The number of methoxy groups -OCH3 is 1. The summed E-state index contributed by atoms with van der Waals surface area (Å²) < 4.78 is 5.13. The van der Waals surface area contributed by atoms with E-state index in [1.54, 1.807) is 13.2 Å². The maximum atomic E-state index is 10.9. The molecule has 1 heterocycles. The fourth-order valence-electron chi connectivity index (χ4n) is 1.27. The molecule has 1 saturated heterocycles. The minimum atomic E-state index is 0.198. The Morgan fingerprint density at radius 3 is 2.85 bits per heavy atom. The molecule has 0 N–H and O–H groups in total. The van der Waals surface area contributed by atoms with Gasteiger partial charge in [-0.2, -0.15) is 0 Å². The lowest BCUT2D eigenvalue weighted by atomic mass is 10.1. The van der Waals surface area contributed by atoms with Gasteiger partial charge >= 0.3 is 0 Å². The fraction of sp³-hybridized carbons (Fsp3) is 0.700. The van der Waals surface area contributed by atoms with Gasteiger partial charge < -0.3 is 4.74 Å². The van der Waals surface area contributed by atoms with Gasteiger partial charge in [-0.05, 0) is 6.08 Å². The van der Waals surface area contributed by atoms with Crippen LogP contribution in [0.3, 0.4) is 0 Å². The number of ether oxygens (including phenoxy) is 1. The Kier molecular flexibility index (Phi) is 4.12. The van der Waals surface area contributed by atoms with Crippen LogP contribution in [0.2, 0.25) is 0 Å². The molecule has 0 atom stereocenters. The summed E-state index contributed by atoms with van der Waals surface area (Å²) in [6.45, 7) is 4.71. The predicted octanol–water partition coefficient (Wildman–Crippen LogP) is 0.852. The van der Waals surface area contributed by atoms with E-state index in [-0.39, 0.29) is 5.78 Å². The van der Waals surface area contributed by atoms with Gasteiger partial charge in [0.05, 0.1) is 6.10 Å². The maximum absolute atomic E-state index is 10.9. The molecule has 13 heavy (non-hydrogen) atoms. The lowest BCUT2D eigenvalue weighted by Gasteiger charge is -2.37. The third-order valence-electron chi connectivity index (χ3n) is 2.27. The highest BCUT2D eigenvalue weighted by molar-refractivity contribution is 5.89. The minimum absolute atomic E-state index is 0.198. The van der Waals surface area contributed by atoms with Crippen LogP contribution in [-0.2, 0) is 9.53 Å². The third-order valence-corrected chi connectivity index (χ3v) is 2.27. The molecule has 1 aliphatic heterocycles. The normalized spacial score (nSPS) is 19.2. The first kappa shape index (κ1) is 10.4. The van der Waals surface area contributed by atoms with Gasteiger partial charge in [-0.1, -0.05) is 13.0 Å². The van der Waals surface area contributed by atoms with Gasteiger partial charge in [0, 0.05) is 33.2 Å². The zero-order valence-corrected chi connectivity index (χ0v) is 8.32. The molecule has 0 saturated carbocycles. The van der Waals surface area contributed by atoms with Gasteiger partial charge in [-0.15, -0.1) is 0 Å². The number of likely N-dealkylation sites (tertiary alicyclic amines) is 1. The molecular formula is C10H17NO2. The molecule has 0 spiro atoms. The Morgan fingerprint density at radius 2 is 2.31 bits per heavy atom. The molecule has 1 rings (SSSR count). The molecule has 0 aromatic heterocycles. The van der Waals surface area contributed by atoms with Gasteiger partial charge in [0.25, 0.3) is 0 Å². The smallest absolute Gasteiger partial charge is 0.155 e. The fourth-order valence-corrected chi connectivity index (χ4v) is 1.27. The van der Waals surface area contributed by atoms with Crippen LogP contribution in [0.5, 0.6) is 0 Å². The van der Waals surface area contributed by atoms with E-state index in [9.17, 15) is 4.79 Å². The van der Waals surface area contributed by atoms with E-state index in [1.807, 2.05) is 13.0 Å². The topological polar surface area (TPSA) is 29.5 Å². The average Bonchev–Trinajstić information content (AvgIpc) is 2.08. The second-order valence-electron chi connectivity index (χ2n) is 3.30. The van der Waals surface area contributed by atoms with Crippen molar-refractivity contribution in [2.24, 2.45) is 0 Å². The van der Waals surface area contributed by atoms with E-state index in [0.29, 0.717) is 12.5 Å². The molecule has 0 aromatic carbocycles. The SMILES string of the molecule is CCC(=O)/C=C/CN1CC(OC)C1. The van der Waals surface area contributed by atoms with E-state index in [0.717, 1.165) is 19.6 Å². The van der Waals surface area contributed by atoms with Crippen LogP contribution < -0.4 is 0 Å². The summed E-state index contributed by atoms with van der Waals surface area (Å²) in [6, 6.07) is 0. The molecule has 0 aromatic rings. The van der Waals surface area contributed by atoms with Gasteiger partial charge in [0.15, 0.2) is 5.78 Å². The monoisotopic (exact) mass is 183 g/mol. The summed E-state index contributed by atoms with van der Waals surface area (Å²) >= 11 is 0. The standard InChI is InChI=1S/C10H17NO2/c1-3-9(12)5-4-6-11-7-10(8-11)13-2/h4-5,10H,3,6-8H2,1-2H3/b5-4+. The number of hydrogen-bond acceptors (Lipinski definition) is 3. The van der Waals surface area contributed by atoms with E-state index in [2.05, 4.69) is 4.90 Å². The first-order valence-corrected chi connectivity index (χ1v) is 4.70. The van der Waals surface area contributed by atoms with E-state index >= 15 is 0 Å². The zero-order valence-electron chi connectivity index (χ0n) is 8.32. The first-order valence-electron chi connectivity index (χ1n) is 4.70. The summed E-state index contributed by atoms with van der Waals surface area (Å²) in [5.74, 6) is 0.198. The van der Waals surface area contributed by atoms with Crippen molar-refractivity contribution in [2.75, 3.05) is 26.7 Å². The molecule has 0 unspecified atom stereocenters. The van der Waals surface area contributed by atoms with Crippen LogP contribution in [0.15, 0.2) is 12.2 Å². The summed E-state index contributed by atoms with van der Waals surface area (Å²) in [7, 11) is 1.73. The highest BCUT2D eigenvalue weighted by Gasteiger charge is 2.24. The van der Waals surface area contributed by atoms with Gasteiger partial charge in [-0.25, -0.2) is 0 Å². The molecule has 0 aliphatic carbocycles. The van der Waals surface area contributed by atoms with Crippen molar-refractivity contribution in [3.05, 3.63) is 12.2 Å². The molecule has 1 aliphatic rings. The van der Waals surface area contributed by atoms with Crippen molar-refractivity contribution in [2.45, 2.75) is 19.4 Å². The second-order valence-corrected chi connectivity index (χ2v) is 3.30. The summed E-state index contributed by atoms with van der Waals surface area (Å²) in [5, 5.41) is 0. The van der Waals surface area contributed by atoms with Crippen LogP contribution in [0, 0.1) is 0 Å². The lowest BCUT2D eigenvalue weighted by molar-refractivity contribution is -0.114. The maximum Gasteiger partial charge on any atom is 0.155 e. The molecular weight excluding hydrogens is 166 g/mol. The highest BCUT2D eigenvalue weighted by atomic mass is 16.5. The number of allylic oxidation sites excluding steroid dienone is 1. The molecule has 74 valence electrons. The van der Waals surface area contributed by atoms with Gasteiger partial charge in [0.2, 0.25) is 0 Å². The molecule has 0 bridgehead atoms. The Balaban J connectivity index is 2.08. The van der Waals surface area contributed by atoms with Crippen molar-refractivity contribution in [3.63, 3.8) is 0 Å². The van der Waals surface area contributed by atoms with E-state index in [1.165, 1.54) is 0 Å². The number of nitrogens with zero attached hydrogens (tertiary/aromatic N) is 1. The predicted molar refractivity (Wildman–Crippen MR) is 51.7 cm³/mol. The molecule has 0 radical (unpaired) electrons. The highest BCUT2D eigenvalue weighted by Crippen LogP contribution is 2.09. The van der Waals surface area contributed by atoms with Crippen molar-refractivity contribution < 1.29 is 9.53 Å². The minimum Gasteiger partial charge on any atom is -0.379 e. The Hall–Kier alpha value is -0.670.